The van der Waals surface area contributed by atoms with Crippen molar-refractivity contribution in [2.75, 3.05) is 26.3 Å². The van der Waals surface area contributed by atoms with Crippen LogP contribution in [0.5, 0.6) is 0 Å². The highest BCUT2D eigenvalue weighted by atomic mass is 16.5. The lowest BCUT2D eigenvalue weighted by molar-refractivity contribution is -0.0611. The fourth-order valence-corrected chi connectivity index (χ4v) is 2.98. The summed E-state index contributed by atoms with van der Waals surface area (Å²) >= 11 is 0. The Balaban J connectivity index is 1.87. The molecule has 128 valence electrons. The van der Waals surface area contributed by atoms with E-state index in [-0.39, 0.29) is 0 Å². The van der Waals surface area contributed by atoms with Crippen molar-refractivity contribution in [3.8, 4) is 0 Å². The number of benzene rings is 1. The monoisotopic (exact) mass is 317 g/mol. The van der Waals surface area contributed by atoms with Gasteiger partial charge in [-0.05, 0) is 18.4 Å². The molecule has 0 aromatic heterocycles. The molecule has 1 aromatic rings. The maximum atomic E-state index is 10.5. The fourth-order valence-electron chi connectivity index (χ4n) is 2.98. The van der Waals surface area contributed by atoms with Crippen molar-refractivity contribution >= 4 is 6.08 Å². The van der Waals surface area contributed by atoms with Crippen LogP contribution in [0.3, 0.4) is 0 Å². The molecule has 0 amide bonds. The van der Waals surface area contributed by atoms with E-state index < -0.39 is 5.60 Å². The molecule has 1 aromatic carbocycles. The van der Waals surface area contributed by atoms with Crippen molar-refractivity contribution in [1.82, 2.24) is 5.32 Å². The molecule has 0 aliphatic carbocycles. The quantitative estimate of drug-likeness (QED) is 0.681. The van der Waals surface area contributed by atoms with Gasteiger partial charge in [0.05, 0.1) is 5.60 Å². The van der Waals surface area contributed by atoms with E-state index in [0.717, 1.165) is 25.8 Å². The summed E-state index contributed by atoms with van der Waals surface area (Å²) < 4.78 is 5.34. The Morgan fingerprint density at radius 3 is 2.65 bits per heavy atom. The summed E-state index contributed by atoms with van der Waals surface area (Å²) in [5.41, 5.74) is 2.07. The zero-order valence-corrected chi connectivity index (χ0v) is 14.4. The maximum Gasteiger partial charge on any atom is 0.0815 e. The van der Waals surface area contributed by atoms with E-state index in [1.54, 1.807) is 0 Å². The third-order valence-corrected chi connectivity index (χ3v) is 4.50. The first-order chi connectivity index (χ1) is 11.2. The fraction of sp³-hybridized carbons (Fsp3) is 0.600. The first kappa shape index (κ1) is 18.2. The number of aliphatic hydroxyl groups is 1. The lowest BCUT2D eigenvalue weighted by atomic mass is 9.94. The standard InChI is InChI=1S/C20H31NO2/c1-2-3-5-10-19(15-18-8-6-4-7-9-18)16-21-17-20(22)11-13-23-14-12-20/h4,6-9,15,21-22H,2-3,5,10-14,16-17H2,1H3/b19-15-. The van der Waals surface area contributed by atoms with Crippen LogP contribution in [0.1, 0.15) is 51.0 Å². The van der Waals surface area contributed by atoms with Crippen LogP contribution in [-0.2, 0) is 4.74 Å². The van der Waals surface area contributed by atoms with Crippen LogP contribution in [0.25, 0.3) is 6.08 Å². The molecular formula is C20H31NO2. The average Bonchev–Trinajstić information content (AvgIpc) is 2.56. The van der Waals surface area contributed by atoms with E-state index >= 15 is 0 Å². The highest BCUT2D eigenvalue weighted by Crippen LogP contribution is 2.20. The zero-order chi connectivity index (χ0) is 16.4. The number of hydrogen-bond acceptors (Lipinski definition) is 3. The molecule has 0 bridgehead atoms. The largest absolute Gasteiger partial charge is 0.388 e. The van der Waals surface area contributed by atoms with Gasteiger partial charge in [-0.25, -0.2) is 0 Å². The van der Waals surface area contributed by atoms with Gasteiger partial charge in [0, 0.05) is 39.1 Å². The number of hydrogen-bond donors (Lipinski definition) is 2. The Kier molecular flexibility index (Phi) is 7.80. The van der Waals surface area contributed by atoms with Gasteiger partial charge in [-0.15, -0.1) is 0 Å². The number of nitrogens with one attached hydrogen (secondary N) is 1. The first-order valence-electron chi connectivity index (χ1n) is 8.97. The van der Waals surface area contributed by atoms with Crippen molar-refractivity contribution in [2.24, 2.45) is 0 Å². The number of rotatable bonds is 9. The summed E-state index contributed by atoms with van der Waals surface area (Å²) in [5.74, 6) is 0. The van der Waals surface area contributed by atoms with E-state index in [9.17, 15) is 5.11 Å². The summed E-state index contributed by atoms with van der Waals surface area (Å²) in [6, 6.07) is 10.5. The Hall–Kier alpha value is -1.16. The number of ether oxygens (including phenoxy) is 1. The van der Waals surface area contributed by atoms with Crippen molar-refractivity contribution < 1.29 is 9.84 Å². The Bertz CT molecular complexity index is 464. The molecule has 3 nitrogen and oxygen atoms in total. The molecule has 23 heavy (non-hydrogen) atoms. The van der Waals surface area contributed by atoms with Gasteiger partial charge in [0.15, 0.2) is 0 Å². The first-order valence-corrected chi connectivity index (χ1v) is 8.97. The van der Waals surface area contributed by atoms with Crippen molar-refractivity contribution in [3.63, 3.8) is 0 Å². The smallest absolute Gasteiger partial charge is 0.0815 e. The Labute approximate surface area is 140 Å². The minimum absolute atomic E-state index is 0.598. The van der Waals surface area contributed by atoms with Crippen molar-refractivity contribution in [3.05, 3.63) is 41.5 Å². The predicted molar refractivity (Wildman–Crippen MR) is 96.4 cm³/mol. The minimum atomic E-state index is -0.598. The van der Waals surface area contributed by atoms with Gasteiger partial charge in [0.25, 0.3) is 0 Å². The van der Waals surface area contributed by atoms with Crippen LogP contribution in [0.4, 0.5) is 0 Å². The molecule has 1 saturated heterocycles. The summed E-state index contributed by atoms with van der Waals surface area (Å²) in [6.07, 6.45) is 8.61. The van der Waals surface area contributed by atoms with Crippen LogP contribution in [0.2, 0.25) is 0 Å². The van der Waals surface area contributed by atoms with Gasteiger partial charge in [0.2, 0.25) is 0 Å². The molecule has 1 heterocycles. The molecule has 1 aliphatic heterocycles. The van der Waals surface area contributed by atoms with E-state index in [0.29, 0.717) is 19.8 Å². The van der Waals surface area contributed by atoms with Gasteiger partial charge in [0.1, 0.15) is 0 Å². The molecule has 3 heteroatoms. The van der Waals surface area contributed by atoms with Crippen molar-refractivity contribution in [2.45, 2.75) is 51.0 Å². The van der Waals surface area contributed by atoms with E-state index in [2.05, 4.69) is 42.6 Å². The molecule has 0 radical (unpaired) electrons. The second kappa shape index (κ2) is 9.86. The van der Waals surface area contributed by atoms with Crippen molar-refractivity contribution in [1.29, 1.82) is 0 Å². The van der Waals surface area contributed by atoms with Crippen LogP contribution in [0.15, 0.2) is 35.9 Å². The second-order valence-corrected chi connectivity index (χ2v) is 6.61. The van der Waals surface area contributed by atoms with Crippen LogP contribution < -0.4 is 5.32 Å². The average molecular weight is 317 g/mol. The lowest BCUT2D eigenvalue weighted by Crippen LogP contribution is -2.45. The molecule has 2 N–H and O–H groups in total. The Morgan fingerprint density at radius 2 is 1.96 bits per heavy atom. The molecule has 0 atom stereocenters. The lowest BCUT2D eigenvalue weighted by Gasteiger charge is -2.32. The summed E-state index contributed by atoms with van der Waals surface area (Å²) in [6.45, 7) is 5.07. The van der Waals surface area contributed by atoms with Crippen LogP contribution in [0, 0.1) is 0 Å². The summed E-state index contributed by atoms with van der Waals surface area (Å²) in [4.78, 5) is 0. The molecule has 0 saturated carbocycles. The van der Waals surface area contributed by atoms with E-state index in [1.165, 1.54) is 30.4 Å². The summed E-state index contributed by atoms with van der Waals surface area (Å²) in [7, 11) is 0. The van der Waals surface area contributed by atoms with Crippen LogP contribution in [-0.4, -0.2) is 37.0 Å². The third-order valence-electron chi connectivity index (χ3n) is 4.50. The molecule has 2 rings (SSSR count). The minimum Gasteiger partial charge on any atom is -0.388 e. The maximum absolute atomic E-state index is 10.5. The second-order valence-electron chi connectivity index (χ2n) is 6.61. The predicted octanol–water partition coefficient (Wildman–Crippen LogP) is 3.78. The van der Waals surface area contributed by atoms with Gasteiger partial charge in [-0.3, -0.25) is 0 Å². The number of unbranched alkanes of at least 4 members (excludes halogenated alkanes) is 2. The summed E-state index contributed by atoms with van der Waals surface area (Å²) in [5, 5.41) is 14.0. The van der Waals surface area contributed by atoms with E-state index in [1.807, 2.05) is 6.07 Å². The van der Waals surface area contributed by atoms with Crippen LogP contribution >= 0.6 is 0 Å². The zero-order valence-electron chi connectivity index (χ0n) is 14.4. The molecule has 0 spiro atoms. The molecule has 0 unspecified atom stereocenters. The van der Waals surface area contributed by atoms with Gasteiger partial charge in [-0.1, -0.05) is 61.7 Å². The molecule has 1 aliphatic rings. The molecular weight excluding hydrogens is 286 g/mol. The topological polar surface area (TPSA) is 41.5 Å². The van der Waals surface area contributed by atoms with E-state index in [4.69, 9.17) is 4.74 Å². The van der Waals surface area contributed by atoms with Gasteiger partial charge >= 0.3 is 0 Å². The third kappa shape index (κ3) is 6.86. The molecule has 1 fully saturated rings. The normalized spacial score (nSPS) is 18.1. The highest BCUT2D eigenvalue weighted by molar-refractivity contribution is 5.52. The highest BCUT2D eigenvalue weighted by Gasteiger charge is 2.29. The Morgan fingerprint density at radius 1 is 1.22 bits per heavy atom. The SMILES string of the molecule is CCCCC/C(=C/c1ccccc1)CNCC1(O)CCOCC1. The van der Waals surface area contributed by atoms with Gasteiger partial charge in [-0.2, -0.15) is 0 Å². The van der Waals surface area contributed by atoms with Gasteiger partial charge < -0.3 is 15.2 Å².